The number of nitrogens with zero attached hydrogens (tertiary/aromatic N) is 1. The highest BCUT2D eigenvalue weighted by atomic mass is 16.4. The van der Waals surface area contributed by atoms with Crippen LogP contribution in [0, 0.1) is 0 Å². The molecular formula is C10H16BNO2. The zero-order chi connectivity index (χ0) is 10.6. The SMILES string of the molecule is CCN(CC)c1ccccc1B(O)O. The maximum Gasteiger partial charge on any atom is 0.490 e. The zero-order valence-corrected chi connectivity index (χ0v) is 8.64. The van der Waals surface area contributed by atoms with Crippen molar-refractivity contribution in [1.29, 1.82) is 0 Å². The molecular weight excluding hydrogens is 177 g/mol. The number of hydrogen-bond donors (Lipinski definition) is 2. The minimum Gasteiger partial charge on any atom is -0.423 e. The first kappa shape index (κ1) is 11.1. The van der Waals surface area contributed by atoms with Gasteiger partial charge in [-0.3, -0.25) is 0 Å². The van der Waals surface area contributed by atoms with Crippen LogP contribution in [0.5, 0.6) is 0 Å². The lowest BCUT2D eigenvalue weighted by molar-refractivity contribution is 0.426. The highest BCUT2D eigenvalue weighted by molar-refractivity contribution is 6.60. The summed E-state index contributed by atoms with van der Waals surface area (Å²) in [5, 5.41) is 18.3. The van der Waals surface area contributed by atoms with Crippen LogP contribution in [-0.2, 0) is 0 Å². The van der Waals surface area contributed by atoms with Crippen molar-refractivity contribution in [2.24, 2.45) is 0 Å². The topological polar surface area (TPSA) is 43.7 Å². The average Bonchev–Trinajstić information content (AvgIpc) is 2.20. The van der Waals surface area contributed by atoms with E-state index in [9.17, 15) is 10.0 Å². The second-order valence-corrected chi connectivity index (χ2v) is 3.10. The van der Waals surface area contributed by atoms with Crippen molar-refractivity contribution in [1.82, 2.24) is 0 Å². The van der Waals surface area contributed by atoms with Crippen molar-refractivity contribution < 1.29 is 10.0 Å². The summed E-state index contributed by atoms with van der Waals surface area (Å²) in [4.78, 5) is 2.09. The minimum atomic E-state index is -1.40. The van der Waals surface area contributed by atoms with Gasteiger partial charge in [-0.1, -0.05) is 18.2 Å². The lowest BCUT2D eigenvalue weighted by Crippen LogP contribution is -2.37. The molecule has 0 atom stereocenters. The van der Waals surface area contributed by atoms with Crippen molar-refractivity contribution >= 4 is 18.3 Å². The highest BCUT2D eigenvalue weighted by Gasteiger charge is 2.17. The number of anilines is 1. The monoisotopic (exact) mass is 193 g/mol. The molecule has 0 heterocycles. The Labute approximate surface area is 85.1 Å². The molecule has 0 amide bonds. The fraction of sp³-hybridized carbons (Fsp3) is 0.400. The van der Waals surface area contributed by atoms with Crippen LogP contribution in [0.15, 0.2) is 24.3 Å². The minimum absolute atomic E-state index is 0.566. The zero-order valence-electron chi connectivity index (χ0n) is 8.64. The van der Waals surface area contributed by atoms with Gasteiger partial charge in [-0.25, -0.2) is 0 Å². The van der Waals surface area contributed by atoms with E-state index in [0.717, 1.165) is 18.8 Å². The predicted molar refractivity (Wildman–Crippen MR) is 59.8 cm³/mol. The Hall–Kier alpha value is -0.995. The normalized spacial score (nSPS) is 10.0. The number of para-hydroxylation sites is 1. The quantitative estimate of drug-likeness (QED) is 0.672. The van der Waals surface area contributed by atoms with Crippen LogP contribution < -0.4 is 10.4 Å². The van der Waals surface area contributed by atoms with E-state index in [1.165, 1.54) is 0 Å². The Morgan fingerprint density at radius 3 is 2.21 bits per heavy atom. The van der Waals surface area contributed by atoms with Gasteiger partial charge in [0.05, 0.1) is 0 Å². The molecule has 0 saturated carbocycles. The number of rotatable bonds is 4. The summed E-state index contributed by atoms with van der Waals surface area (Å²) in [5.41, 5.74) is 1.46. The van der Waals surface area contributed by atoms with Crippen molar-refractivity contribution in [3.8, 4) is 0 Å². The molecule has 0 unspecified atom stereocenters. The summed E-state index contributed by atoms with van der Waals surface area (Å²) in [5.74, 6) is 0. The molecule has 1 aromatic rings. The maximum absolute atomic E-state index is 9.17. The third-order valence-electron chi connectivity index (χ3n) is 2.32. The molecule has 0 aromatic heterocycles. The van der Waals surface area contributed by atoms with E-state index < -0.39 is 7.12 Å². The molecule has 1 rings (SSSR count). The molecule has 3 nitrogen and oxygen atoms in total. The maximum atomic E-state index is 9.17. The first-order valence-corrected chi connectivity index (χ1v) is 4.90. The molecule has 0 aliphatic rings. The lowest BCUT2D eigenvalue weighted by atomic mass is 9.78. The summed E-state index contributed by atoms with van der Waals surface area (Å²) in [6, 6.07) is 7.35. The average molecular weight is 193 g/mol. The van der Waals surface area contributed by atoms with Gasteiger partial charge >= 0.3 is 7.12 Å². The van der Waals surface area contributed by atoms with E-state index in [2.05, 4.69) is 4.90 Å². The van der Waals surface area contributed by atoms with Crippen LogP contribution in [0.3, 0.4) is 0 Å². The Kier molecular flexibility index (Phi) is 3.98. The highest BCUT2D eigenvalue weighted by Crippen LogP contribution is 2.10. The summed E-state index contributed by atoms with van der Waals surface area (Å²) < 4.78 is 0. The van der Waals surface area contributed by atoms with Crippen LogP contribution in [-0.4, -0.2) is 30.3 Å². The standard InChI is InChI=1S/C10H16BNO2/c1-3-12(4-2)10-8-6-5-7-9(10)11(13)14/h5-8,13-14H,3-4H2,1-2H3. The third-order valence-corrected chi connectivity index (χ3v) is 2.32. The van der Waals surface area contributed by atoms with Gasteiger partial charge in [0.15, 0.2) is 0 Å². The van der Waals surface area contributed by atoms with Crippen molar-refractivity contribution in [3.05, 3.63) is 24.3 Å². The van der Waals surface area contributed by atoms with E-state index in [4.69, 9.17) is 0 Å². The molecule has 76 valence electrons. The van der Waals surface area contributed by atoms with Crippen LogP contribution in [0.4, 0.5) is 5.69 Å². The fourth-order valence-corrected chi connectivity index (χ4v) is 1.56. The molecule has 1 aromatic carbocycles. The van der Waals surface area contributed by atoms with Crippen LogP contribution >= 0.6 is 0 Å². The van der Waals surface area contributed by atoms with Crippen LogP contribution in [0.1, 0.15) is 13.8 Å². The van der Waals surface area contributed by atoms with Gasteiger partial charge in [0, 0.05) is 24.2 Å². The van der Waals surface area contributed by atoms with Gasteiger partial charge in [-0.15, -0.1) is 0 Å². The molecule has 0 bridgehead atoms. The van der Waals surface area contributed by atoms with E-state index in [-0.39, 0.29) is 0 Å². The summed E-state index contributed by atoms with van der Waals surface area (Å²) in [7, 11) is -1.40. The Bertz CT molecular complexity index is 287. The fourth-order valence-electron chi connectivity index (χ4n) is 1.56. The first-order valence-electron chi connectivity index (χ1n) is 4.90. The Morgan fingerprint density at radius 1 is 1.14 bits per heavy atom. The van der Waals surface area contributed by atoms with Crippen molar-refractivity contribution in [2.75, 3.05) is 18.0 Å². The molecule has 0 spiro atoms. The molecule has 0 aliphatic heterocycles. The van der Waals surface area contributed by atoms with E-state index >= 15 is 0 Å². The largest absolute Gasteiger partial charge is 0.490 e. The lowest BCUT2D eigenvalue weighted by Gasteiger charge is -2.23. The van der Waals surface area contributed by atoms with Gasteiger partial charge in [-0.05, 0) is 19.9 Å². The number of benzene rings is 1. The van der Waals surface area contributed by atoms with Gasteiger partial charge in [0.2, 0.25) is 0 Å². The number of hydrogen-bond acceptors (Lipinski definition) is 3. The third kappa shape index (κ3) is 2.27. The van der Waals surface area contributed by atoms with E-state index in [0.29, 0.717) is 5.46 Å². The molecule has 0 fully saturated rings. The summed E-state index contributed by atoms with van der Waals surface area (Å²) >= 11 is 0. The Balaban J connectivity index is 3.05. The Morgan fingerprint density at radius 2 is 1.71 bits per heavy atom. The van der Waals surface area contributed by atoms with Crippen LogP contribution in [0.2, 0.25) is 0 Å². The smallest absolute Gasteiger partial charge is 0.423 e. The van der Waals surface area contributed by atoms with Crippen molar-refractivity contribution in [3.63, 3.8) is 0 Å². The van der Waals surface area contributed by atoms with E-state index in [1.54, 1.807) is 6.07 Å². The second-order valence-electron chi connectivity index (χ2n) is 3.10. The molecule has 0 saturated heterocycles. The van der Waals surface area contributed by atoms with Crippen molar-refractivity contribution in [2.45, 2.75) is 13.8 Å². The molecule has 2 N–H and O–H groups in total. The van der Waals surface area contributed by atoms with Gasteiger partial charge in [0.1, 0.15) is 0 Å². The first-order chi connectivity index (χ1) is 6.70. The van der Waals surface area contributed by atoms with Crippen LogP contribution in [0.25, 0.3) is 0 Å². The summed E-state index contributed by atoms with van der Waals surface area (Å²) in [6.07, 6.45) is 0. The predicted octanol–water partition coefficient (Wildman–Crippen LogP) is 0.213. The van der Waals surface area contributed by atoms with Gasteiger partial charge in [0.25, 0.3) is 0 Å². The van der Waals surface area contributed by atoms with E-state index in [1.807, 2.05) is 32.0 Å². The molecule has 14 heavy (non-hydrogen) atoms. The molecule has 4 heteroatoms. The van der Waals surface area contributed by atoms with Gasteiger partial charge in [-0.2, -0.15) is 0 Å². The molecule has 0 radical (unpaired) electrons. The van der Waals surface area contributed by atoms with Gasteiger partial charge < -0.3 is 14.9 Å². The molecule has 0 aliphatic carbocycles. The summed E-state index contributed by atoms with van der Waals surface area (Å²) in [6.45, 7) is 5.81. The second kappa shape index (κ2) is 5.03.